The zero-order valence-electron chi connectivity index (χ0n) is 10.1. The number of ether oxygens (including phenoxy) is 1. The van der Waals surface area contributed by atoms with Gasteiger partial charge in [-0.15, -0.1) is 0 Å². The molecule has 0 aliphatic carbocycles. The number of carbonyl (C=O) groups is 2. The van der Waals surface area contributed by atoms with E-state index in [1.165, 1.54) is 12.1 Å². The Bertz CT molecular complexity index is 467. The van der Waals surface area contributed by atoms with E-state index in [0.29, 0.717) is 0 Å². The lowest BCUT2D eigenvalue weighted by Crippen LogP contribution is -2.47. The number of carboxylic acid groups (broad SMARTS) is 1. The zero-order valence-corrected chi connectivity index (χ0v) is 11.0. The maximum atomic E-state index is 11.7. The third-order valence-electron chi connectivity index (χ3n) is 2.34. The van der Waals surface area contributed by atoms with Crippen molar-refractivity contribution in [2.24, 2.45) is 5.73 Å². The summed E-state index contributed by atoms with van der Waals surface area (Å²) in [4.78, 5) is 22.7. The van der Waals surface area contributed by atoms with E-state index in [2.05, 4.69) is 12.6 Å². The summed E-state index contributed by atoms with van der Waals surface area (Å²) in [7, 11) is 0. The molecule has 0 heterocycles. The van der Waals surface area contributed by atoms with Crippen molar-refractivity contribution in [1.82, 2.24) is 0 Å². The molecule has 0 unspecified atom stereocenters. The van der Waals surface area contributed by atoms with E-state index in [0.717, 1.165) is 0 Å². The Balaban J connectivity index is 2.92. The van der Waals surface area contributed by atoms with Gasteiger partial charge < -0.3 is 15.6 Å². The number of aromatic carboxylic acids is 1. The molecule has 0 aliphatic rings. The van der Waals surface area contributed by atoms with Crippen molar-refractivity contribution < 1.29 is 19.4 Å². The highest BCUT2D eigenvalue weighted by atomic mass is 32.1. The van der Waals surface area contributed by atoms with E-state index in [1.54, 1.807) is 26.0 Å². The van der Waals surface area contributed by atoms with E-state index in [1.807, 2.05) is 0 Å². The van der Waals surface area contributed by atoms with Crippen LogP contribution in [0.15, 0.2) is 24.3 Å². The number of nitrogens with two attached hydrogens (primary N) is 1. The lowest BCUT2D eigenvalue weighted by Gasteiger charge is -2.24. The molecule has 5 nitrogen and oxygen atoms in total. The van der Waals surface area contributed by atoms with Crippen LogP contribution in [0.3, 0.4) is 0 Å². The maximum Gasteiger partial charge on any atom is 0.339 e. The number of hydrogen-bond acceptors (Lipinski definition) is 5. The van der Waals surface area contributed by atoms with Gasteiger partial charge >= 0.3 is 11.9 Å². The van der Waals surface area contributed by atoms with Gasteiger partial charge in [0.15, 0.2) is 0 Å². The molecule has 0 bridgehead atoms. The fourth-order valence-electron chi connectivity index (χ4n) is 1.19. The van der Waals surface area contributed by atoms with Crippen LogP contribution in [-0.4, -0.2) is 27.8 Å². The molecule has 0 radical (unpaired) electrons. The van der Waals surface area contributed by atoms with Crippen LogP contribution in [0, 0.1) is 0 Å². The summed E-state index contributed by atoms with van der Waals surface area (Å²) < 4.78 is 4.25. The molecular weight excluding hydrogens is 254 g/mol. The van der Waals surface area contributed by atoms with Crippen LogP contribution < -0.4 is 10.5 Å². The third-order valence-corrected chi connectivity index (χ3v) is 2.62. The van der Waals surface area contributed by atoms with Crippen LogP contribution in [0.5, 0.6) is 5.75 Å². The molecule has 1 atom stereocenters. The predicted molar refractivity (Wildman–Crippen MR) is 70.1 cm³/mol. The average Bonchev–Trinajstić information content (AvgIpc) is 2.27. The lowest BCUT2D eigenvalue weighted by molar-refractivity contribution is -0.136. The Morgan fingerprint density at radius 1 is 1.39 bits per heavy atom. The van der Waals surface area contributed by atoms with Gasteiger partial charge in [-0.25, -0.2) is 9.59 Å². The van der Waals surface area contributed by atoms with Gasteiger partial charge in [0, 0.05) is 4.75 Å². The first-order chi connectivity index (χ1) is 8.23. The Morgan fingerprint density at radius 3 is 2.44 bits per heavy atom. The minimum absolute atomic E-state index is 0.0250. The first-order valence-electron chi connectivity index (χ1n) is 5.25. The molecule has 6 heteroatoms. The number of hydrogen-bond donors (Lipinski definition) is 3. The Morgan fingerprint density at radius 2 is 1.94 bits per heavy atom. The number of para-hydroxylation sites is 1. The van der Waals surface area contributed by atoms with Gasteiger partial charge in [-0.2, -0.15) is 12.6 Å². The highest BCUT2D eigenvalue weighted by Gasteiger charge is 2.30. The summed E-state index contributed by atoms with van der Waals surface area (Å²) in [5.41, 5.74) is 5.58. The van der Waals surface area contributed by atoms with Gasteiger partial charge in [-0.1, -0.05) is 12.1 Å². The first-order valence-corrected chi connectivity index (χ1v) is 5.70. The van der Waals surface area contributed by atoms with Crippen LogP contribution in [0.2, 0.25) is 0 Å². The molecule has 98 valence electrons. The quantitative estimate of drug-likeness (QED) is 0.436. The van der Waals surface area contributed by atoms with E-state index >= 15 is 0 Å². The normalized spacial score (nSPS) is 12.9. The molecule has 0 aromatic heterocycles. The van der Waals surface area contributed by atoms with Gasteiger partial charge in [0.1, 0.15) is 17.4 Å². The van der Waals surface area contributed by atoms with Gasteiger partial charge in [-0.3, -0.25) is 0 Å². The van der Waals surface area contributed by atoms with Gasteiger partial charge in [0.25, 0.3) is 0 Å². The Hall–Kier alpha value is -1.53. The van der Waals surface area contributed by atoms with E-state index in [-0.39, 0.29) is 11.3 Å². The molecule has 0 saturated carbocycles. The molecule has 1 rings (SSSR count). The minimum Gasteiger partial charge on any atom is -0.478 e. The van der Waals surface area contributed by atoms with E-state index in [4.69, 9.17) is 15.6 Å². The molecule has 1 aromatic rings. The summed E-state index contributed by atoms with van der Waals surface area (Å²) >= 11 is 4.18. The fraction of sp³-hybridized carbons (Fsp3) is 0.333. The van der Waals surface area contributed by atoms with Crippen LogP contribution in [0.25, 0.3) is 0 Å². The molecular formula is C12H15NO4S. The summed E-state index contributed by atoms with van der Waals surface area (Å²) in [6, 6.07) is 4.92. The SMILES string of the molecule is CC(C)(S)[C@H](N)C(=O)Oc1ccccc1C(=O)O. The van der Waals surface area contributed by atoms with Gasteiger partial charge in [0.05, 0.1) is 0 Å². The second kappa shape index (κ2) is 5.41. The monoisotopic (exact) mass is 269 g/mol. The molecule has 18 heavy (non-hydrogen) atoms. The first kappa shape index (κ1) is 14.5. The lowest BCUT2D eigenvalue weighted by atomic mass is 10.0. The number of carbonyl (C=O) groups excluding carboxylic acids is 1. The summed E-state index contributed by atoms with van der Waals surface area (Å²) in [6.07, 6.45) is 0. The minimum atomic E-state index is -1.17. The highest BCUT2D eigenvalue weighted by Crippen LogP contribution is 2.21. The molecule has 3 N–H and O–H groups in total. The molecule has 0 fully saturated rings. The maximum absolute atomic E-state index is 11.7. The number of thiol groups is 1. The van der Waals surface area contributed by atoms with Crippen molar-refractivity contribution in [2.75, 3.05) is 0 Å². The fourth-order valence-corrected chi connectivity index (χ4v) is 1.30. The highest BCUT2D eigenvalue weighted by molar-refractivity contribution is 7.81. The number of rotatable bonds is 4. The Kier molecular flexibility index (Phi) is 4.37. The van der Waals surface area contributed by atoms with Crippen LogP contribution in [0.1, 0.15) is 24.2 Å². The van der Waals surface area contributed by atoms with Gasteiger partial charge in [-0.05, 0) is 26.0 Å². The van der Waals surface area contributed by atoms with Crippen molar-refractivity contribution >= 4 is 24.6 Å². The average molecular weight is 269 g/mol. The van der Waals surface area contributed by atoms with Crippen molar-refractivity contribution in [2.45, 2.75) is 24.6 Å². The molecule has 0 saturated heterocycles. The number of carboxylic acids is 1. The van der Waals surface area contributed by atoms with E-state index < -0.39 is 22.7 Å². The second-order valence-electron chi connectivity index (χ2n) is 4.35. The summed E-state index contributed by atoms with van der Waals surface area (Å²) in [5, 5.41) is 8.94. The van der Waals surface area contributed by atoms with Crippen LogP contribution in [0.4, 0.5) is 0 Å². The zero-order chi connectivity index (χ0) is 13.9. The van der Waals surface area contributed by atoms with Crippen LogP contribution in [-0.2, 0) is 4.79 Å². The molecule has 0 aliphatic heterocycles. The van der Waals surface area contributed by atoms with Crippen LogP contribution >= 0.6 is 12.6 Å². The number of benzene rings is 1. The molecule has 0 amide bonds. The Labute approximate surface area is 110 Å². The van der Waals surface area contributed by atoms with Crippen molar-refractivity contribution in [1.29, 1.82) is 0 Å². The van der Waals surface area contributed by atoms with Crippen molar-refractivity contribution in [3.05, 3.63) is 29.8 Å². The van der Waals surface area contributed by atoms with Crippen molar-refractivity contribution in [3.8, 4) is 5.75 Å². The second-order valence-corrected chi connectivity index (χ2v) is 5.51. The van der Waals surface area contributed by atoms with E-state index in [9.17, 15) is 9.59 Å². The number of esters is 1. The smallest absolute Gasteiger partial charge is 0.339 e. The summed E-state index contributed by atoms with van der Waals surface area (Å²) in [6.45, 7) is 3.34. The summed E-state index contributed by atoms with van der Waals surface area (Å²) in [5.74, 6) is -1.91. The topological polar surface area (TPSA) is 89.6 Å². The third kappa shape index (κ3) is 3.48. The standard InChI is InChI=1S/C12H15NO4S/c1-12(2,18)9(13)11(16)17-8-6-4-3-5-7(8)10(14)15/h3-6,9,18H,13H2,1-2H3,(H,14,15)/t9-/m1/s1. The predicted octanol–water partition coefficient (Wildman–Crippen LogP) is 1.33. The molecule has 1 aromatic carbocycles. The largest absolute Gasteiger partial charge is 0.478 e. The molecule has 0 spiro atoms. The van der Waals surface area contributed by atoms with Gasteiger partial charge in [0.2, 0.25) is 0 Å². The van der Waals surface area contributed by atoms with Crippen molar-refractivity contribution in [3.63, 3.8) is 0 Å².